The first-order chi connectivity index (χ1) is 8.95. The molecule has 6 nitrogen and oxygen atoms in total. The van der Waals surface area contributed by atoms with E-state index in [2.05, 4.69) is 10.6 Å². The summed E-state index contributed by atoms with van der Waals surface area (Å²) in [4.78, 5) is 22.6. The van der Waals surface area contributed by atoms with Crippen LogP contribution in [0.25, 0.3) is 0 Å². The minimum atomic E-state index is -0.989. The number of rotatable bonds is 6. The molecule has 0 aliphatic heterocycles. The van der Waals surface area contributed by atoms with Crippen LogP contribution in [0.4, 0.5) is 5.00 Å². The second-order valence-corrected chi connectivity index (χ2v) is 5.18. The van der Waals surface area contributed by atoms with Crippen LogP contribution >= 0.6 is 11.3 Å². The SMILES string of the molecule is CC(C)C(NCC(=O)Nc1sccc1C#N)C(=O)O. The highest BCUT2D eigenvalue weighted by Gasteiger charge is 2.21. The fourth-order valence-corrected chi connectivity index (χ4v) is 2.23. The van der Waals surface area contributed by atoms with Crippen molar-refractivity contribution in [3.63, 3.8) is 0 Å². The van der Waals surface area contributed by atoms with E-state index in [4.69, 9.17) is 10.4 Å². The molecule has 7 heteroatoms. The molecule has 0 saturated heterocycles. The molecule has 19 heavy (non-hydrogen) atoms. The zero-order chi connectivity index (χ0) is 14.4. The molecule has 1 aromatic rings. The van der Waals surface area contributed by atoms with Crippen molar-refractivity contribution in [1.29, 1.82) is 5.26 Å². The summed E-state index contributed by atoms with van der Waals surface area (Å²) >= 11 is 1.25. The Morgan fingerprint density at radius 1 is 1.53 bits per heavy atom. The van der Waals surface area contributed by atoms with Gasteiger partial charge >= 0.3 is 5.97 Å². The fraction of sp³-hybridized carbons (Fsp3) is 0.417. The number of carboxylic acids is 1. The number of carboxylic acid groups (broad SMARTS) is 1. The Labute approximate surface area is 115 Å². The number of amides is 1. The molecule has 1 heterocycles. The quantitative estimate of drug-likeness (QED) is 0.728. The Balaban J connectivity index is 2.53. The third kappa shape index (κ3) is 4.35. The smallest absolute Gasteiger partial charge is 0.320 e. The predicted molar refractivity (Wildman–Crippen MR) is 71.9 cm³/mol. The lowest BCUT2D eigenvalue weighted by Gasteiger charge is -2.17. The van der Waals surface area contributed by atoms with E-state index in [1.54, 1.807) is 25.3 Å². The maximum Gasteiger partial charge on any atom is 0.320 e. The van der Waals surface area contributed by atoms with Crippen LogP contribution in [0.2, 0.25) is 0 Å². The molecule has 0 saturated carbocycles. The average molecular weight is 281 g/mol. The van der Waals surface area contributed by atoms with Crippen LogP contribution in [-0.4, -0.2) is 29.6 Å². The highest BCUT2D eigenvalue weighted by molar-refractivity contribution is 7.14. The lowest BCUT2D eigenvalue weighted by Crippen LogP contribution is -2.44. The molecule has 0 spiro atoms. The number of nitrogens with zero attached hydrogens (tertiary/aromatic N) is 1. The van der Waals surface area contributed by atoms with E-state index in [1.807, 2.05) is 6.07 Å². The topological polar surface area (TPSA) is 102 Å². The number of carbonyl (C=O) groups is 2. The van der Waals surface area contributed by atoms with Crippen molar-refractivity contribution in [3.8, 4) is 6.07 Å². The summed E-state index contributed by atoms with van der Waals surface area (Å²) in [5.41, 5.74) is 0.400. The fourth-order valence-electron chi connectivity index (χ4n) is 1.48. The molecular weight excluding hydrogens is 266 g/mol. The van der Waals surface area contributed by atoms with E-state index in [9.17, 15) is 9.59 Å². The Morgan fingerprint density at radius 2 is 2.21 bits per heavy atom. The zero-order valence-electron chi connectivity index (χ0n) is 10.6. The van der Waals surface area contributed by atoms with Gasteiger partial charge in [-0.25, -0.2) is 0 Å². The number of carbonyl (C=O) groups excluding carboxylic acids is 1. The maximum atomic E-state index is 11.7. The normalized spacial score (nSPS) is 11.9. The molecule has 1 amide bonds. The minimum Gasteiger partial charge on any atom is -0.480 e. The third-order valence-electron chi connectivity index (χ3n) is 2.45. The number of aliphatic carboxylic acids is 1. The van der Waals surface area contributed by atoms with Gasteiger partial charge < -0.3 is 10.4 Å². The van der Waals surface area contributed by atoms with Crippen molar-refractivity contribution in [1.82, 2.24) is 5.32 Å². The van der Waals surface area contributed by atoms with Crippen LogP contribution < -0.4 is 10.6 Å². The molecule has 102 valence electrons. The second-order valence-electron chi connectivity index (χ2n) is 4.26. The largest absolute Gasteiger partial charge is 0.480 e. The van der Waals surface area contributed by atoms with Crippen molar-refractivity contribution in [2.45, 2.75) is 19.9 Å². The summed E-state index contributed by atoms with van der Waals surface area (Å²) < 4.78 is 0. The van der Waals surface area contributed by atoms with E-state index in [1.165, 1.54) is 11.3 Å². The summed E-state index contributed by atoms with van der Waals surface area (Å²) in [6, 6.07) is 2.80. The highest BCUT2D eigenvalue weighted by atomic mass is 32.1. The summed E-state index contributed by atoms with van der Waals surface area (Å²) in [6.07, 6.45) is 0. The summed E-state index contributed by atoms with van der Waals surface area (Å²) in [5, 5.41) is 25.2. The van der Waals surface area contributed by atoms with Gasteiger partial charge in [-0.3, -0.25) is 14.9 Å². The lowest BCUT2D eigenvalue weighted by molar-refractivity contribution is -0.140. The van der Waals surface area contributed by atoms with Crippen molar-refractivity contribution in [2.24, 2.45) is 5.92 Å². The van der Waals surface area contributed by atoms with Crippen LogP contribution in [0.1, 0.15) is 19.4 Å². The van der Waals surface area contributed by atoms with Gasteiger partial charge in [0.05, 0.1) is 12.1 Å². The van der Waals surface area contributed by atoms with Crippen molar-refractivity contribution in [2.75, 3.05) is 11.9 Å². The van der Waals surface area contributed by atoms with Crippen molar-refractivity contribution >= 4 is 28.2 Å². The Kier molecular flexibility index (Phi) is 5.48. The van der Waals surface area contributed by atoms with E-state index >= 15 is 0 Å². The first-order valence-corrected chi connectivity index (χ1v) is 6.57. The number of hydrogen-bond donors (Lipinski definition) is 3. The van der Waals surface area contributed by atoms with Gasteiger partial charge in [-0.2, -0.15) is 5.26 Å². The van der Waals surface area contributed by atoms with Gasteiger partial charge in [0.2, 0.25) is 5.91 Å². The standard InChI is InChI=1S/C12H15N3O3S/c1-7(2)10(12(17)18)14-6-9(16)15-11-8(5-13)3-4-19-11/h3-4,7,10,14H,6H2,1-2H3,(H,15,16)(H,17,18). The van der Waals surface area contributed by atoms with Crippen LogP contribution in [0.5, 0.6) is 0 Å². The van der Waals surface area contributed by atoms with Gasteiger partial charge in [0, 0.05) is 0 Å². The number of nitriles is 1. The highest BCUT2D eigenvalue weighted by Crippen LogP contribution is 2.21. The van der Waals surface area contributed by atoms with E-state index in [-0.39, 0.29) is 18.4 Å². The molecule has 1 atom stereocenters. The Hall–Kier alpha value is -1.91. The van der Waals surface area contributed by atoms with E-state index < -0.39 is 12.0 Å². The maximum absolute atomic E-state index is 11.7. The average Bonchev–Trinajstić information content (AvgIpc) is 2.75. The predicted octanol–water partition coefficient (Wildman–Crippen LogP) is 1.26. The number of nitrogens with one attached hydrogen (secondary N) is 2. The molecule has 1 aromatic heterocycles. The Bertz CT molecular complexity index is 505. The molecule has 1 unspecified atom stereocenters. The molecule has 3 N–H and O–H groups in total. The van der Waals surface area contributed by atoms with Gasteiger partial charge in [-0.1, -0.05) is 13.8 Å². The summed E-state index contributed by atoms with van der Waals surface area (Å²) in [6.45, 7) is 3.41. The van der Waals surface area contributed by atoms with Gasteiger partial charge in [-0.05, 0) is 17.4 Å². The van der Waals surface area contributed by atoms with Crippen LogP contribution in [0.15, 0.2) is 11.4 Å². The van der Waals surface area contributed by atoms with Crippen LogP contribution in [0.3, 0.4) is 0 Å². The van der Waals surface area contributed by atoms with E-state index in [0.29, 0.717) is 10.6 Å². The third-order valence-corrected chi connectivity index (χ3v) is 3.28. The molecule has 0 radical (unpaired) electrons. The second kappa shape index (κ2) is 6.87. The lowest BCUT2D eigenvalue weighted by atomic mass is 10.1. The van der Waals surface area contributed by atoms with Gasteiger partial charge in [0.25, 0.3) is 0 Å². The molecule has 0 fully saturated rings. The van der Waals surface area contributed by atoms with Gasteiger partial charge in [0.1, 0.15) is 17.1 Å². The first kappa shape index (κ1) is 15.1. The first-order valence-electron chi connectivity index (χ1n) is 5.69. The zero-order valence-corrected chi connectivity index (χ0v) is 11.5. The number of hydrogen-bond acceptors (Lipinski definition) is 5. The molecular formula is C12H15N3O3S. The molecule has 1 rings (SSSR count). The molecule has 0 bridgehead atoms. The Morgan fingerprint density at radius 3 is 2.74 bits per heavy atom. The minimum absolute atomic E-state index is 0.113. The molecule has 0 aliphatic rings. The number of thiophene rings is 1. The van der Waals surface area contributed by atoms with Crippen LogP contribution in [0, 0.1) is 17.2 Å². The van der Waals surface area contributed by atoms with Crippen LogP contribution in [-0.2, 0) is 9.59 Å². The van der Waals surface area contributed by atoms with E-state index in [0.717, 1.165) is 0 Å². The van der Waals surface area contributed by atoms with Gasteiger partial charge in [0.15, 0.2) is 0 Å². The summed E-state index contributed by atoms with van der Waals surface area (Å²) in [7, 11) is 0. The van der Waals surface area contributed by atoms with Gasteiger partial charge in [-0.15, -0.1) is 11.3 Å². The van der Waals surface area contributed by atoms with Crippen molar-refractivity contribution < 1.29 is 14.7 Å². The van der Waals surface area contributed by atoms with Crippen molar-refractivity contribution in [3.05, 3.63) is 17.0 Å². The monoisotopic (exact) mass is 281 g/mol. The molecule has 0 aromatic carbocycles. The number of anilines is 1. The molecule has 0 aliphatic carbocycles. The summed E-state index contributed by atoms with van der Waals surface area (Å²) in [5.74, 6) is -1.48.